The van der Waals surface area contributed by atoms with Crippen LogP contribution in [0.25, 0.3) is 0 Å². The summed E-state index contributed by atoms with van der Waals surface area (Å²) in [6.07, 6.45) is 82.7. The van der Waals surface area contributed by atoms with E-state index in [0.29, 0.717) is 19.3 Å². The normalized spacial score (nSPS) is 12.7. The molecule has 0 amide bonds. The molecule has 424 valence electrons. The number of hydrogen-bond acceptors (Lipinski definition) is 6. The van der Waals surface area contributed by atoms with Crippen molar-refractivity contribution < 1.29 is 28.6 Å². The van der Waals surface area contributed by atoms with Crippen molar-refractivity contribution >= 4 is 17.9 Å². The highest BCUT2D eigenvalue weighted by Gasteiger charge is 2.19. The van der Waals surface area contributed by atoms with E-state index in [1.54, 1.807) is 0 Å². The molecule has 0 saturated carbocycles. The quantitative estimate of drug-likeness (QED) is 0.0261. The van der Waals surface area contributed by atoms with Crippen molar-refractivity contribution in [3.63, 3.8) is 0 Å². The third kappa shape index (κ3) is 59.2. The van der Waals surface area contributed by atoms with Crippen molar-refractivity contribution in [1.29, 1.82) is 0 Å². The number of unbranched alkanes of at least 4 members (excludes halogenated alkanes) is 29. The number of carbonyl (C=O) groups excluding carboxylic acids is 3. The standard InChI is InChI=1S/C68H116O6/c1-4-7-10-13-16-19-22-24-26-28-30-32-33-34-35-37-38-40-42-44-46-49-52-55-58-61-67(70)73-64-65(63-72-66(69)60-57-54-51-48-21-18-15-12-9-6-3)74-68(71)62-59-56-53-50-47-45-43-41-39-36-31-29-27-25-23-20-17-14-11-8-5-2/h7,10,12,15-16,19,24,26,29-32,34-35,38,40,65H,4-6,8-9,11,13-14,17-18,20-23,25,27-28,33,36-37,39,41-64H2,1-3H3/b10-7-,15-12-,19-16-,26-24-,31-29-,32-30-,35-34-,40-38-. The molecule has 0 saturated heterocycles. The van der Waals surface area contributed by atoms with Crippen LogP contribution in [0.2, 0.25) is 0 Å². The molecule has 0 spiro atoms. The fraction of sp³-hybridized carbons (Fsp3) is 0.721. The largest absolute Gasteiger partial charge is 0.462 e. The van der Waals surface area contributed by atoms with Gasteiger partial charge in [-0.05, 0) is 116 Å². The summed E-state index contributed by atoms with van der Waals surface area (Å²) in [5.74, 6) is -0.908. The summed E-state index contributed by atoms with van der Waals surface area (Å²) in [4.78, 5) is 38.2. The molecule has 1 unspecified atom stereocenters. The average Bonchev–Trinajstić information content (AvgIpc) is 3.40. The molecule has 0 aromatic carbocycles. The molecule has 0 fully saturated rings. The zero-order valence-electron chi connectivity index (χ0n) is 48.6. The van der Waals surface area contributed by atoms with Crippen LogP contribution in [0.4, 0.5) is 0 Å². The van der Waals surface area contributed by atoms with E-state index in [1.807, 2.05) is 0 Å². The van der Waals surface area contributed by atoms with Gasteiger partial charge in [0.05, 0.1) is 0 Å². The van der Waals surface area contributed by atoms with Gasteiger partial charge in [0, 0.05) is 19.3 Å². The molecule has 74 heavy (non-hydrogen) atoms. The molecule has 6 heteroatoms. The lowest BCUT2D eigenvalue weighted by Crippen LogP contribution is -2.30. The Morgan fingerprint density at radius 3 is 0.892 bits per heavy atom. The molecule has 1 atom stereocenters. The number of allylic oxidation sites excluding steroid dienone is 16. The monoisotopic (exact) mass is 1030 g/mol. The van der Waals surface area contributed by atoms with Crippen LogP contribution >= 0.6 is 0 Å². The van der Waals surface area contributed by atoms with E-state index in [9.17, 15) is 14.4 Å². The maximum atomic E-state index is 12.9. The van der Waals surface area contributed by atoms with Crippen molar-refractivity contribution in [2.75, 3.05) is 13.2 Å². The van der Waals surface area contributed by atoms with Crippen molar-refractivity contribution in [2.24, 2.45) is 0 Å². The van der Waals surface area contributed by atoms with E-state index in [1.165, 1.54) is 135 Å². The molecule has 0 rings (SSSR count). The lowest BCUT2D eigenvalue weighted by atomic mass is 10.1. The van der Waals surface area contributed by atoms with E-state index >= 15 is 0 Å². The molecule has 0 radical (unpaired) electrons. The summed E-state index contributed by atoms with van der Waals surface area (Å²) < 4.78 is 16.9. The number of rotatable bonds is 56. The smallest absolute Gasteiger partial charge is 0.306 e. The summed E-state index contributed by atoms with van der Waals surface area (Å²) in [5.41, 5.74) is 0. The summed E-state index contributed by atoms with van der Waals surface area (Å²) in [6, 6.07) is 0. The minimum absolute atomic E-state index is 0.0872. The van der Waals surface area contributed by atoms with Crippen LogP contribution in [0.1, 0.15) is 297 Å². The summed E-state index contributed by atoms with van der Waals surface area (Å²) in [5, 5.41) is 0. The molecule has 6 nitrogen and oxygen atoms in total. The van der Waals surface area contributed by atoms with E-state index in [2.05, 4.69) is 118 Å². The summed E-state index contributed by atoms with van der Waals surface area (Å²) >= 11 is 0. The molecular formula is C68H116O6. The number of carbonyl (C=O) groups is 3. The predicted molar refractivity (Wildman–Crippen MR) is 320 cm³/mol. The Labute approximate surface area is 457 Å². The first-order valence-electron chi connectivity index (χ1n) is 31.2. The van der Waals surface area contributed by atoms with Gasteiger partial charge in [-0.15, -0.1) is 0 Å². The first kappa shape index (κ1) is 70.3. The Hall–Kier alpha value is -3.67. The fourth-order valence-electron chi connectivity index (χ4n) is 8.62. The van der Waals surface area contributed by atoms with Gasteiger partial charge in [0.2, 0.25) is 0 Å². The first-order chi connectivity index (χ1) is 36.5. The van der Waals surface area contributed by atoms with Crippen LogP contribution < -0.4 is 0 Å². The van der Waals surface area contributed by atoms with Gasteiger partial charge in [-0.2, -0.15) is 0 Å². The Kier molecular flexibility index (Phi) is 58.8. The van der Waals surface area contributed by atoms with Gasteiger partial charge in [-0.3, -0.25) is 14.4 Å². The SMILES string of the molecule is CC/C=C\C/C=C\C/C=C\C/C=C\C/C=C\C/C=C\CCCCCCCCC(=O)OCC(COC(=O)CCCCCCC/C=C\CCC)OC(=O)CCCCCCCCCCC/C=C\CCCCCCCCCC. The molecule has 0 aliphatic carbocycles. The van der Waals surface area contributed by atoms with Gasteiger partial charge < -0.3 is 14.2 Å². The molecule has 0 bridgehead atoms. The maximum absolute atomic E-state index is 12.9. The molecule has 0 aliphatic rings. The van der Waals surface area contributed by atoms with Gasteiger partial charge in [0.1, 0.15) is 13.2 Å². The van der Waals surface area contributed by atoms with Gasteiger partial charge >= 0.3 is 17.9 Å². The third-order valence-corrected chi connectivity index (χ3v) is 13.3. The van der Waals surface area contributed by atoms with Crippen LogP contribution in [0.5, 0.6) is 0 Å². The minimum Gasteiger partial charge on any atom is -0.462 e. The predicted octanol–water partition coefficient (Wildman–Crippen LogP) is 21.3. The lowest BCUT2D eigenvalue weighted by Gasteiger charge is -2.18. The maximum Gasteiger partial charge on any atom is 0.306 e. The van der Waals surface area contributed by atoms with Crippen LogP contribution in [0.15, 0.2) is 97.2 Å². The Morgan fingerprint density at radius 1 is 0.284 bits per heavy atom. The lowest BCUT2D eigenvalue weighted by molar-refractivity contribution is -0.167. The van der Waals surface area contributed by atoms with E-state index in [-0.39, 0.29) is 31.1 Å². The highest BCUT2D eigenvalue weighted by atomic mass is 16.6. The number of hydrogen-bond donors (Lipinski definition) is 0. The molecule has 0 aromatic rings. The molecule has 0 aliphatic heterocycles. The number of esters is 3. The van der Waals surface area contributed by atoms with Crippen LogP contribution in [-0.4, -0.2) is 37.2 Å². The second-order valence-electron chi connectivity index (χ2n) is 20.6. The van der Waals surface area contributed by atoms with Crippen molar-refractivity contribution in [1.82, 2.24) is 0 Å². The molecule has 0 heterocycles. The molecule has 0 N–H and O–H groups in total. The van der Waals surface area contributed by atoms with Crippen LogP contribution in [0.3, 0.4) is 0 Å². The Bertz CT molecular complexity index is 1460. The van der Waals surface area contributed by atoms with Crippen LogP contribution in [-0.2, 0) is 28.6 Å². The third-order valence-electron chi connectivity index (χ3n) is 13.3. The highest BCUT2D eigenvalue weighted by Crippen LogP contribution is 2.16. The second kappa shape index (κ2) is 61.9. The van der Waals surface area contributed by atoms with Gasteiger partial charge in [0.25, 0.3) is 0 Å². The number of ether oxygens (including phenoxy) is 3. The van der Waals surface area contributed by atoms with E-state index < -0.39 is 6.10 Å². The highest BCUT2D eigenvalue weighted by molar-refractivity contribution is 5.71. The summed E-state index contributed by atoms with van der Waals surface area (Å²) in [7, 11) is 0. The van der Waals surface area contributed by atoms with Gasteiger partial charge in [0.15, 0.2) is 6.10 Å². The minimum atomic E-state index is -0.789. The average molecular weight is 1030 g/mol. The summed E-state index contributed by atoms with van der Waals surface area (Å²) in [6.45, 7) is 6.46. The zero-order valence-corrected chi connectivity index (χ0v) is 48.6. The topological polar surface area (TPSA) is 78.9 Å². The van der Waals surface area contributed by atoms with Gasteiger partial charge in [-0.1, -0.05) is 259 Å². The zero-order chi connectivity index (χ0) is 53.6. The second-order valence-corrected chi connectivity index (χ2v) is 20.6. The Morgan fingerprint density at radius 2 is 0.554 bits per heavy atom. The van der Waals surface area contributed by atoms with E-state index in [0.717, 1.165) is 122 Å². The van der Waals surface area contributed by atoms with Crippen molar-refractivity contribution in [2.45, 2.75) is 303 Å². The molecular weight excluding hydrogens is 913 g/mol. The van der Waals surface area contributed by atoms with Crippen molar-refractivity contribution in [3.05, 3.63) is 97.2 Å². The molecule has 0 aromatic heterocycles. The van der Waals surface area contributed by atoms with Gasteiger partial charge in [-0.25, -0.2) is 0 Å². The first-order valence-corrected chi connectivity index (χ1v) is 31.2. The van der Waals surface area contributed by atoms with Crippen LogP contribution in [0, 0.1) is 0 Å². The fourth-order valence-corrected chi connectivity index (χ4v) is 8.62. The Balaban J connectivity index is 4.31. The van der Waals surface area contributed by atoms with E-state index in [4.69, 9.17) is 14.2 Å². The van der Waals surface area contributed by atoms with Crippen molar-refractivity contribution in [3.8, 4) is 0 Å².